The van der Waals surface area contributed by atoms with Crippen molar-refractivity contribution in [1.82, 2.24) is 10.6 Å². The van der Waals surface area contributed by atoms with Crippen molar-refractivity contribution in [2.45, 2.75) is 37.8 Å². The van der Waals surface area contributed by atoms with Gasteiger partial charge in [0.25, 0.3) is 0 Å². The van der Waals surface area contributed by atoms with Crippen LogP contribution < -0.4 is 15.4 Å². The third kappa shape index (κ3) is 4.82. The first-order valence-corrected chi connectivity index (χ1v) is 8.65. The monoisotopic (exact) mass is 358 g/mol. The first-order chi connectivity index (χ1) is 11.3. The Hall–Kier alpha value is -0.880. The molecule has 1 aromatic rings. The van der Waals surface area contributed by atoms with Gasteiger partial charge in [-0.1, -0.05) is 12.5 Å². The van der Waals surface area contributed by atoms with E-state index in [0.29, 0.717) is 23.8 Å². The second-order valence-electron chi connectivity index (χ2n) is 6.51. The van der Waals surface area contributed by atoms with Gasteiger partial charge in [0.2, 0.25) is 0 Å². The summed E-state index contributed by atoms with van der Waals surface area (Å²) < 4.78 is 24.3. The van der Waals surface area contributed by atoms with Crippen LogP contribution in [-0.4, -0.2) is 45.5 Å². The third-order valence-corrected chi connectivity index (χ3v) is 5.07. The normalized spacial score (nSPS) is 26.8. The van der Waals surface area contributed by atoms with Crippen LogP contribution in [0.5, 0.6) is 5.75 Å². The predicted octanol–water partition coefficient (Wildman–Crippen LogP) is 2.55. The van der Waals surface area contributed by atoms with Crippen LogP contribution in [0.25, 0.3) is 0 Å². The summed E-state index contributed by atoms with van der Waals surface area (Å²) in [5.41, 5.74) is 1.00. The van der Waals surface area contributed by atoms with Gasteiger partial charge >= 0.3 is 0 Å². The van der Waals surface area contributed by atoms with E-state index in [1.807, 2.05) is 6.07 Å². The highest BCUT2D eigenvalue weighted by Gasteiger charge is 2.34. The Morgan fingerprint density at radius 3 is 2.96 bits per heavy atom. The molecule has 0 aromatic heterocycles. The molecule has 1 aliphatic carbocycles. The number of morpholine rings is 1. The topological polar surface area (TPSA) is 42.5 Å². The highest BCUT2D eigenvalue weighted by Crippen LogP contribution is 2.29. The Labute approximate surface area is 149 Å². The fourth-order valence-electron chi connectivity index (χ4n) is 3.85. The quantitative estimate of drug-likeness (QED) is 0.820. The van der Waals surface area contributed by atoms with E-state index in [2.05, 4.69) is 10.6 Å². The molecule has 2 aliphatic rings. The van der Waals surface area contributed by atoms with Gasteiger partial charge in [0, 0.05) is 18.6 Å². The largest absolute Gasteiger partial charge is 0.494 e. The Balaban J connectivity index is 0.00000208. The minimum Gasteiger partial charge on any atom is -0.494 e. The number of methoxy groups -OCH3 is 1. The summed E-state index contributed by atoms with van der Waals surface area (Å²) in [5, 5.41) is 7.27. The average molecular weight is 359 g/mol. The summed E-state index contributed by atoms with van der Waals surface area (Å²) in [7, 11) is 1.49. The summed E-state index contributed by atoms with van der Waals surface area (Å²) in [6, 6.07) is 6.22. The average Bonchev–Trinajstić information content (AvgIpc) is 3.04. The van der Waals surface area contributed by atoms with E-state index in [1.165, 1.54) is 26.4 Å². The maximum atomic E-state index is 13.7. The van der Waals surface area contributed by atoms with E-state index in [0.717, 1.165) is 38.3 Å². The molecular weight excluding hydrogens is 331 g/mol. The molecule has 3 rings (SSSR count). The molecule has 24 heavy (non-hydrogen) atoms. The van der Waals surface area contributed by atoms with Crippen LogP contribution in [0.3, 0.4) is 0 Å². The van der Waals surface area contributed by atoms with Crippen molar-refractivity contribution in [2.24, 2.45) is 5.92 Å². The number of ether oxygens (including phenoxy) is 2. The molecule has 1 aromatic carbocycles. The van der Waals surface area contributed by atoms with E-state index in [9.17, 15) is 4.39 Å². The molecule has 0 radical (unpaired) electrons. The van der Waals surface area contributed by atoms with Gasteiger partial charge in [-0.3, -0.25) is 0 Å². The molecule has 4 nitrogen and oxygen atoms in total. The van der Waals surface area contributed by atoms with Gasteiger partial charge in [-0.25, -0.2) is 4.39 Å². The minimum absolute atomic E-state index is 0. The van der Waals surface area contributed by atoms with Gasteiger partial charge < -0.3 is 20.1 Å². The van der Waals surface area contributed by atoms with Crippen LogP contribution in [0.2, 0.25) is 0 Å². The number of halogens is 2. The Bertz CT molecular complexity index is 512. The lowest BCUT2D eigenvalue weighted by atomic mass is 9.94. The Kier molecular flexibility index (Phi) is 7.75. The van der Waals surface area contributed by atoms with Gasteiger partial charge in [-0.2, -0.15) is 0 Å². The summed E-state index contributed by atoms with van der Waals surface area (Å²) in [6.45, 7) is 3.48. The zero-order valence-electron chi connectivity index (χ0n) is 14.2. The first kappa shape index (κ1) is 19.4. The molecular formula is C18H28ClFN2O2. The van der Waals surface area contributed by atoms with Crippen LogP contribution in [0.15, 0.2) is 18.2 Å². The summed E-state index contributed by atoms with van der Waals surface area (Å²) >= 11 is 0. The number of rotatable bonds is 6. The van der Waals surface area contributed by atoms with Gasteiger partial charge in [0.1, 0.15) is 0 Å². The Morgan fingerprint density at radius 1 is 1.38 bits per heavy atom. The van der Waals surface area contributed by atoms with E-state index in [1.54, 1.807) is 12.1 Å². The molecule has 3 unspecified atom stereocenters. The van der Waals surface area contributed by atoms with Gasteiger partial charge in [-0.15, -0.1) is 12.4 Å². The highest BCUT2D eigenvalue weighted by molar-refractivity contribution is 5.85. The lowest BCUT2D eigenvalue weighted by molar-refractivity contribution is 0.0526. The molecule has 0 spiro atoms. The van der Waals surface area contributed by atoms with E-state index in [-0.39, 0.29) is 18.2 Å². The van der Waals surface area contributed by atoms with Crippen molar-refractivity contribution in [3.63, 3.8) is 0 Å². The van der Waals surface area contributed by atoms with Crippen LogP contribution in [0.1, 0.15) is 24.8 Å². The zero-order valence-corrected chi connectivity index (χ0v) is 15.0. The molecule has 1 heterocycles. The van der Waals surface area contributed by atoms with E-state index < -0.39 is 0 Å². The second-order valence-corrected chi connectivity index (χ2v) is 6.51. The van der Waals surface area contributed by atoms with Crippen molar-refractivity contribution >= 4 is 12.4 Å². The highest BCUT2D eigenvalue weighted by atomic mass is 35.5. The molecule has 2 N–H and O–H groups in total. The van der Waals surface area contributed by atoms with E-state index in [4.69, 9.17) is 9.47 Å². The summed E-state index contributed by atoms with van der Waals surface area (Å²) in [6.07, 6.45) is 4.59. The fraction of sp³-hybridized carbons (Fsp3) is 0.667. The molecule has 1 saturated carbocycles. The molecule has 2 fully saturated rings. The molecule has 1 aliphatic heterocycles. The molecule has 3 atom stereocenters. The Morgan fingerprint density at radius 2 is 2.25 bits per heavy atom. The SMILES string of the molecule is COc1ccc(CCNC2CCCC2C2COCCN2)cc1F.Cl. The predicted molar refractivity (Wildman–Crippen MR) is 95.6 cm³/mol. The van der Waals surface area contributed by atoms with Crippen LogP contribution in [0.4, 0.5) is 4.39 Å². The molecule has 0 amide bonds. The summed E-state index contributed by atoms with van der Waals surface area (Å²) in [4.78, 5) is 0. The molecule has 1 saturated heterocycles. The van der Waals surface area contributed by atoms with Crippen molar-refractivity contribution in [1.29, 1.82) is 0 Å². The van der Waals surface area contributed by atoms with Crippen LogP contribution in [-0.2, 0) is 11.2 Å². The lowest BCUT2D eigenvalue weighted by Gasteiger charge is -2.33. The number of benzene rings is 1. The molecule has 0 bridgehead atoms. The lowest BCUT2D eigenvalue weighted by Crippen LogP contribution is -2.51. The number of hydrogen-bond acceptors (Lipinski definition) is 4. The first-order valence-electron chi connectivity index (χ1n) is 8.65. The fourth-order valence-corrected chi connectivity index (χ4v) is 3.85. The van der Waals surface area contributed by atoms with Crippen molar-refractivity contribution < 1.29 is 13.9 Å². The zero-order chi connectivity index (χ0) is 16.1. The van der Waals surface area contributed by atoms with Gasteiger partial charge in [-0.05, 0) is 49.4 Å². The minimum atomic E-state index is -0.285. The maximum absolute atomic E-state index is 13.7. The summed E-state index contributed by atoms with van der Waals surface area (Å²) in [5.74, 6) is 0.663. The van der Waals surface area contributed by atoms with Gasteiger partial charge in [0.05, 0.1) is 20.3 Å². The van der Waals surface area contributed by atoms with Crippen molar-refractivity contribution in [3.05, 3.63) is 29.6 Å². The second kappa shape index (κ2) is 9.56. The third-order valence-electron chi connectivity index (χ3n) is 5.07. The van der Waals surface area contributed by atoms with Crippen molar-refractivity contribution in [3.8, 4) is 5.75 Å². The van der Waals surface area contributed by atoms with Gasteiger partial charge in [0.15, 0.2) is 11.6 Å². The standard InChI is InChI=1S/C18H27FN2O2.ClH/c1-22-18-6-5-13(11-15(18)19)7-8-20-16-4-2-3-14(16)17-12-23-10-9-21-17;/h5-6,11,14,16-17,20-21H,2-4,7-10,12H2,1H3;1H. The molecule has 6 heteroatoms. The smallest absolute Gasteiger partial charge is 0.165 e. The molecule has 136 valence electrons. The van der Waals surface area contributed by atoms with E-state index >= 15 is 0 Å². The maximum Gasteiger partial charge on any atom is 0.165 e. The number of nitrogens with one attached hydrogen (secondary N) is 2. The van der Waals surface area contributed by atoms with Crippen LogP contribution >= 0.6 is 12.4 Å². The number of hydrogen-bond donors (Lipinski definition) is 2. The van der Waals surface area contributed by atoms with Crippen LogP contribution in [0, 0.1) is 11.7 Å². The van der Waals surface area contributed by atoms with Crippen molar-refractivity contribution in [2.75, 3.05) is 33.4 Å².